The lowest BCUT2D eigenvalue weighted by atomic mass is 9.92. The highest BCUT2D eigenvalue weighted by atomic mass is 16.6. The largest absolute Gasteiger partial charge is 0.460 e. The maximum Gasteiger partial charge on any atom is 0.308 e. The molecule has 1 aliphatic heterocycles. The van der Waals surface area contributed by atoms with Crippen molar-refractivity contribution in [2.75, 3.05) is 16.8 Å². The maximum atomic E-state index is 13.2. The molecule has 0 atom stereocenters. The fourth-order valence-corrected chi connectivity index (χ4v) is 3.67. The van der Waals surface area contributed by atoms with E-state index in [1.807, 2.05) is 26.8 Å². The molecule has 0 spiro atoms. The van der Waals surface area contributed by atoms with Crippen LogP contribution in [0, 0.1) is 0 Å². The summed E-state index contributed by atoms with van der Waals surface area (Å²) in [5, 5.41) is 4.61. The summed E-state index contributed by atoms with van der Waals surface area (Å²) < 4.78 is 5.33. The highest BCUT2D eigenvalue weighted by molar-refractivity contribution is 6.36. The third kappa shape index (κ3) is 3.99. The quantitative estimate of drug-likeness (QED) is 0.495. The van der Waals surface area contributed by atoms with E-state index in [0.717, 1.165) is 11.1 Å². The molecule has 2 heterocycles. The van der Waals surface area contributed by atoms with Crippen molar-refractivity contribution in [1.82, 2.24) is 4.98 Å². The first-order valence-electron chi connectivity index (χ1n) is 10.1. The molecule has 31 heavy (non-hydrogen) atoms. The zero-order chi connectivity index (χ0) is 22.2. The number of hydrogen-bond donors (Lipinski definition) is 1. The fraction of sp³-hybridized carbons (Fsp3) is 0.250. The number of amides is 2. The minimum atomic E-state index is -0.529. The van der Waals surface area contributed by atoms with E-state index in [4.69, 9.17) is 4.74 Å². The summed E-state index contributed by atoms with van der Waals surface area (Å²) in [6.45, 7) is 5.86. The van der Waals surface area contributed by atoms with Crippen molar-refractivity contribution in [2.45, 2.75) is 32.8 Å². The molecule has 2 aromatic carbocycles. The second-order valence-electron chi connectivity index (χ2n) is 8.30. The molecule has 1 aromatic heterocycles. The number of aromatic nitrogens is 1. The van der Waals surface area contributed by atoms with Crippen molar-refractivity contribution >= 4 is 39.9 Å². The number of pyridine rings is 1. The average Bonchev–Trinajstić information content (AvgIpc) is 2.72. The van der Waals surface area contributed by atoms with Gasteiger partial charge in [0, 0.05) is 46.5 Å². The number of carbonyl (C=O) groups excluding carboxylic acids is 3. The van der Waals surface area contributed by atoms with Crippen molar-refractivity contribution in [1.29, 1.82) is 0 Å². The Morgan fingerprint density at radius 3 is 2.35 bits per heavy atom. The SMILES string of the molecule is CC(C)(C)OC(=O)CCNc1ccc2c3c(cccc13)C(=O)N(c1ccncc1)C2=O. The van der Waals surface area contributed by atoms with Crippen molar-refractivity contribution in [3.05, 3.63) is 66.0 Å². The van der Waals surface area contributed by atoms with Crippen LogP contribution in [0.5, 0.6) is 0 Å². The van der Waals surface area contributed by atoms with Gasteiger partial charge in [-0.3, -0.25) is 19.4 Å². The van der Waals surface area contributed by atoms with Crippen LogP contribution in [0.4, 0.5) is 11.4 Å². The van der Waals surface area contributed by atoms with Gasteiger partial charge in [-0.25, -0.2) is 4.90 Å². The van der Waals surface area contributed by atoms with Gasteiger partial charge in [0.25, 0.3) is 11.8 Å². The van der Waals surface area contributed by atoms with Gasteiger partial charge in [0.15, 0.2) is 0 Å². The van der Waals surface area contributed by atoms with Crippen LogP contribution in [0.2, 0.25) is 0 Å². The van der Waals surface area contributed by atoms with Crippen LogP contribution in [-0.2, 0) is 9.53 Å². The third-order valence-electron chi connectivity index (χ3n) is 4.89. The Bertz CT molecular complexity index is 1160. The molecular formula is C24H23N3O4. The topological polar surface area (TPSA) is 88.6 Å². The van der Waals surface area contributed by atoms with Crippen molar-refractivity contribution in [2.24, 2.45) is 0 Å². The van der Waals surface area contributed by atoms with Gasteiger partial charge in [-0.1, -0.05) is 12.1 Å². The van der Waals surface area contributed by atoms with Gasteiger partial charge in [0.1, 0.15) is 5.60 Å². The van der Waals surface area contributed by atoms with Gasteiger partial charge in [0.2, 0.25) is 0 Å². The zero-order valence-corrected chi connectivity index (χ0v) is 17.6. The van der Waals surface area contributed by atoms with E-state index in [-0.39, 0.29) is 24.2 Å². The maximum absolute atomic E-state index is 13.2. The Balaban J connectivity index is 1.64. The number of nitrogens with one attached hydrogen (secondary N) is 1. The molecule has 3 aromatic rings. The summed E-state index contributed by atoms with van der Waals surface area (Å²) in [6, 6.07) is 12.2. The number of esters is 1. The smallest absolute Gasteiger partial charge is 0.308 e. The van der Waals surface area contributed by atoms with Gasteiger partial charge in [-0.2, -0.15) is 0 Å². The van der Waals surface area contributed by atoms with E-state index < -0.39 is 5.60 Å². The van der Waals surface area contributed by atoms with Crippen molar-refractivity contribution < 1.29 is 19.1 Å². The molecular weight excluding hydrogens is 394 g/mol. The van der Waals surface area contributed by atoms with E-state index in [9.17, 15) is 14.4 Å². The summed E-state index contributed by atoms with van der Waals surface area (Å²) in [6.07, 6.45) is 3.29. The molecule has 158 valence electrons. The molecule has 2 amide bonds. The molecule has 7 heteroatoms. The summed E-state index contributed by atoms with van der Waals surface area (Å²) >= 11 is 0. The molecule has 0 unspecified atom stereocenters. The number of anilines is 2. The molecule has 0 fully saturated rings. The molecule has 1 aliphatic rings. The third-order valence-corrected chi connectivity index (χ3v) is 4.89. The molecule has 0 saturated heterocycles. The summed E-state index contributed by atoms with van der Waals surface area (Å²) in [5.41, 5.74) is 1.62. The average molecular weight is 417 g/mol. The molecule has 1 N–H and O–H groups in total. The summed E-state index contributed by atoms with van der Waals surface area (Å²) in [4.78, 5) is 43.4. The molecule has 0 bridgehead atoms. The Hall–Kier alpha value is -3.74. The molecule has 0 aliphatic carbocycles. The number of nitrogens with zero attached hydrogens (tertiary/aromatic N) is 2. The van der Waals surface area contributed by atoms with Crippen LogP contribution >= 0.6 is 0 Å². The second-order valence-corrected chi connectivity index (χ2v) is 8.30. The number of rotatable bonds is 5. The van der Waals surface area contributed by atoms with Gasteiger partial charge >= 0.3 is 5.97 Å². The number of carbonyl (C=O) groups is 3. The predicted molar refractivity (Wildman–Crippen MR) is 118 cm³/mol. The summed E-state index contributed by atoms with van der Waals surface area (Å²) in [5.74, 6) is -1.04. The monoisotopic (exact) mass is 417 g/mol. The Morgan fingerprint density at radius 2 is 1.68 bits per heavy atom. The lowest BCUT2D eigenvalue weighted by molar-refractivity contribution is -0.154. The fourth-order valence-electron chi connectivity index (χ4n) is 3.67. The van der Waals surface area contributed by atoms with Crippen LogP contribution in [0.15, 0.2) is 54.9 Å². The van der Waals surface area contributed by atoms with Crippen LogP contribution in [0.25, 0.3) is 10.8 Å². The van der Waals surface area contributed by atoms with Gasteiger partial charge in [-0.05, 0) is 51.1 Å². The Labute approximate surface area is 180 Å². The second kappa shape index (κ2) is 7.83. The number of ether oxygens (including phenoxy) is 1. The molecule has 7 nitrogen and oxygen atoms in total. The Morgan fingerprint density at radius 1 is 1.00 bits per heavy atom. The summed E-state index contributed by atoms with van der Waals surface area (Å²) in [7, 11) is 0. The zero-order valence-electron chi connectivity index (χ0n) is 17.6. The Kier molecular flexibility index (Phi) is 5.19. The highest BCUT2D eigenvalue weighted by Gasteiger charge is 2.34. The predicted octanol–water partition coefficient (Wildman–Crippen LogP) is 4.18. The van der Waals surface area contributed by atoms with Crippen LogP contribution < -0.4 is 10.2 Å². The van der Waals surface area contributed by atoms with Crippen LogP contribution in [0.3, 0.4) is 0 Å². The van der Waals surface area contributed by atoms with Crippen molar-refractivity contribution in [3.8, 4) is 0 Å². The molecule has 0 radical (unpaired) electrons. The van der Waals surface area contributed by atoms with Gasteiger partial charge in [0.05, 0.1) is 12.1 Å². The van der Waals surface area contributed by atoms with E-state index in [2.05, 4.69) is 10.3 Å². The van der Waals surface area contributed by atoms with E-state index in [0.29, 0.717) is 28.7 Å². The van der Waals surface area contributed by atoms with Gasteiger partial charge in [-0.15, -0.1) is 0 Å². The molecule has 0 saturated carbocycles. The first kappa shape index (κ1) is 20.5. The number of benzene rings is 2. The standard InChI is InChI=1S/C24H23N3O4/c1-24(2,3)31-20(28)11-14-26-19-8-7-18-21-16(19)5-4-6-17(21)22(29)27(23(18)30)15-9-12-25-13-10-15/h4-10,12-13,26H,11,14H2,1-3H3. The lowest BCUT2D eigenvalue weighted by Gasteiger charge is -2.27. The lowest BCUT2D eigenvalue weighted by Crippen LogP contribution is -2.40. The minimum Gasteiger partial charge on any atom is -0.460 e. The van der Waals surface area contributed by atoms with Gasteiger partial charge < -0.3 is 10.1 Å². The normalized spacial score (nSPS) is 13.5. The first-order valence-corrected chi connectivity index (χ1v) is 10.1. The van der Waals surface area contributed by atoms with Crippen molar-refractivity contribution in [3.63, 3.8) is 0 Å². The van der Waals surface area contributed by atoms with E-state index in [1.165, 1.54) is 4.90 Å². The van der Waals surface area contributed by atoms with Crippen LogP contribution in [-0.4, -0.2) is 34.9 Å². The highest BCUT2D eigenvalue weighted by Crippen LogP contribution is 2.36. The van der Waals surface area contributed by atoms with E-state index in [1.54, 1.807) is 48.8 Å². The number of hydrogen-bond acceptors (Lipinski definition) is 6. The molecule has 4 rings (SSSR count). The number of imide groups is 1. The van der Waals surface area contributed by atoms with E-state index >= 15 is 0 Å². The minimum absolute atomic E-state index is 0.202. The van der Waals surface area contributed by atoms with Crippen LogP contribution in [0.1, 0.15) is 47.9 Å². The first-order chi connectivity index (χ1) is 14.8.